The Morgan fingerprint density at radius 1 is 1.17 bits per heavy atom. The second-order valence-corrected chi connectivity index (χ2v) is 6.18. The van der Waals surface area contributed by atoms with Crippen LogP contribution < -0.4 is 10.1 Å². The molecule has 2 heterocycles. The van der Waals surface area contributed by atoms with Gasteiger partial charge in [0.25, 0.3) is 5.91 Å². The fourth-order valence-corrected chi connectivity index (χ4v) is 2.87. The van der Waals surface area contributed by atoms with E-state index in [1.807, 2.05) is 60.4 Å². The molecule has 5 heteroatoms. The van der Waals surface area contributed by atoms with Crippen molar-refractivity contribution >= 4 is 16.8 Å². The summed E-state index contributed by atoms with van der Waals surface area (Å²) in [6, 6.07) is 12.2. The fraction of sp³-hybridized carbons (Fsp3) is 0.316. The molecule has 2 aromatic heterocycles. The van der Waals surface area contributed by atoms with E-state index in [0.29, 0.717) is 12.6 Å². The normalized spacial score (nSPS) is 11.2. The lowest BCUT2D eigenvalue weighted by Gasteiger charge is -2.14. The first-order chi connectivity index (χ1) is 11.6. The van der Waals surface area contributed by atoms with Crippen LogP contribution in [0.4, 0.5) is 0 Å². The van der Waals surface area contributed by atoms with Crippen molar-refractivity contribution in [1.82, 2.24) is 14.5 Å². The van der Waals surface area contributed by atoms with Gasteiger partial charge < -0.3 is 19.2 Å². The highest BCUT2D eigenvalue weighted by molar-refractivity contribution is 5.87. The number of benzene rings is 1. The third-order valence-electron chi connectivity index (χ3n) is 4.14. The molecule has 3 aromatic rings. The van der Waals surface area contributed by atoms with Crippen LogP contribution in [0.2, 0.25) is 0 Å². The number of carbonyl (C=O) groups excluding carboxylic acids is 1. The average Bonchev–Trinajstić information content (AvgIpc) is 3.18. The molecule has 0 aliphatic carbocycles. The van der Waals surface area contributed by atoms with Crippen molar-refractivity contribution in [3.05, 3.63) is 54.5 Å². The summed E-state index contributed by atoms with van der Waals surface area (Å²) in [4.78, 5) is 12.1. The topological polar surface area (TPSA) is 48.2 Å². The summed E-state index contributed by atoms with van der Waals surface area (Å²) in [6.07, 6.45) is 4.01. The van der Waals surface area contributed by atoms with E-state index in [9.17, 15) is 4.79 Å². The predicted molar refractivity (Wildman–Crippen MR) is 95.1 cm³/mol. The minimum atomic E-state index is -0.126. The molecule has 126 valence electrons. The van der Waals surface area contributed by atoms with Crippen LogP contribution in [0.3, 0.4) is 0 Å². The van der Waals surface area contributed by atoms with E-state index in [2.05, 4.69) is 23.7 Å². The number of hydrogen-bond acceptors (Lipinski definition) is 2. The van der Waals surface area contributed by atoms with Gasteiger partial charge in [-0.15, -0.1) is 0 Å². The lowest BCUT2D eigenvalue weighted by molar-refractivity contribution is -0.123. The molecule has 0 radical (unpaired) electrons. The summed E-state index contributed by atoms with van der Waals surface area (Å²) in [5.41, 5.74) is 2.17. The van der Waals surface area contributed by atoms with Gasteiger partial charge in [0.15, 0.2) is 6.61 Å². The molecule has 3 rings (SSSR count). The van der Waals surface area contributed by atoms with Gasteiger partial charge in [0.2, 0.25) is 0 Å². The monoisotopic (exact) mass is 325 g/mol. The molecule has 1 amide bonds. The van der Waals surface area contributed by atoms with E-state index in [0.717, 1.165) is 22.3 Å². The first kappa shape index (κ1) is 16.2. The van der Waals surface area contributed by atoms with Crippen molar-refractivity contribution in [1.29, 1.82) is 0 Å². The van der Waals surface area contributed by atoms with Crippen LogP contribution in [0.1, 0.15) is 25.6 Å². The second kappa shape index (κ2) is 6.83. The van der Waals surface area contributed by atoms with Gasteiger partial charge in [-0.05, 0) is 44.2 Å². The number of rotatable bonds is 6. The van der Waals surface area contributed by atoms with Crippen LogP contribution in [0.25, 0.3) is 10.9 Å². The zero-order chi connectivity index (χ0) is 17.1. The summed E-state index contributed by atoms with van der Waals surface area (Å²) in [7, 11) is 1.99. The number of nitrogens with zero attached hydrogens (tertiary/aromatic N) is 2. The molecule has 0 unspecified atom stereocenters. The molecule has 0 saturated heterocycles. The average molecular weight is 325 g/mol. The number of amides is 1. The van der Waals surface area contributed by atoms with Gasteiger partial charge in [-0.3, -0.25) is 4.79 Å². The Morgan fingerprint density at radius 2 is 2.00 bits per heavy atom. The second-order valence-electron chi connectivity index (χ2n) is 6.18. The molecule has 0 aliphatic heterocycles. The van der Waals surface area contributed by atoms with Crippen molar-refractivity contribution < 1.29 is 9.53 Å². The van der Waals surface area contributed by atoms with Gasteiger partial charge in [0.1, 0.15) is 5.75 Å². The highest BCUT2D eigenvalue weighted by atomic mass is 16.5. The van der Waals surface area contributed by atoms with Crippen LogP contribution in [0.15, 0.2) is 48.8 Å². The molecule has 0 bridgehead atoms. The standard InChI is InChI=1S/C19H23N3O2/c1-14(2)22-10-5-6-15(22)12-20-19(23)13-24-18-8-4-7-17-16(18)9-11-21(17)3/h4-11,14H,12-13H2,1-3H3,(H,20,23). The number of carbonyl (C=O) groups is 1. The van der Waals surface area contributed by atoms with Crippen LogP contribution in [0.5, 0.6) is 5.75 Å². The summed E-state index contributed by atoms with van der Waals surface area (Å²) in [6.45, 7) is 4.75. The van der Waals surface area contributed by atoms with Gasteiger partial charge in [0.05, 0.1) is 12.1 Å². The molecule has 0 aliphatic rings. The minimum absolute atomic E-state index is 0.0103. The van der Waals surface area contributed by atoms with E-state index in [1.165, 1.54) is 0 Å². The van der Waals surface area contributed by atoms with E-state index < -0.39 is 0 Å². The molecule has 0 spiro atoms. The van der Waals surface area contributed by atoms with Gasteiger partial charge in [-0.2, -0.15) is 0 Å². The van der Waals surface area contributed by atoms with Crippen molar-refractivity contribution in [2.75, 3.05) is 6.61 Å². The van der Waals surface area contributed by atoms with Gasteiger partial charge >= 0.3 is 0 Å². The van der Waals surface area contributed by atoms with Crippen molar-refractivity contribution in [2.24, 2.45) is 7.05 Å². The Labute approximate surface area is 141 Å². The summed E-state index contributed by atoms with van der Waals surface area (Å²) in [5, 5.41) is 3.93. The third-order valence-corrected chi connectivity index (χ3v) is 4.14. The van der Waals surface area contributed by atoms with Crippen molar-refractivity contribution in [3.63, 3.8) is 0 Å². The van der Waals surface area contributed by atoms with E-state index >= 15 is 0 Å². The lowest BCUT2D eigenvalue weighted by atomic mass is 10.2. The molecule has 1 aromatic carbocycles. The zero-order valence-electron chi connectivity index (χ0n) is 14.3. The fourth-order valence-electron chi connectivity index (χ4n) is 2.87. The maximum Gasteiger partial charge on any atom is 0.258 e. The number of aromatic nitrogens is 2. The SMILES string of the molecule is CC(C)n1cccc1CNC(=O)COc1cccc2c1ccn2C. The molecule has 1 N–H and O–H groups in total. The van der Waals surface area contributed by atoms with Crippen LogP contribution in [-0.2, 0) is 18.4 Å². The maximum atomic E-state index is 12.1. The summed E-state index contributed by atoms with van der Waals surface area (Å²) in [5.74, 6) is 0.605. The van der Waals surface area contributed by atoms with Crippen molar-refractivity contribution in [2.45, 2.75) is 26.4 Å². The number of aryl methyl sites for hydroxylation is 1. The van der Waals surface area contributed by atoms with Gasteiger partial charge in [-0.1, -0.05) is 6.07 Å². The highest BCUT2D eigenvalue weighted by Gasteiger charge is 2.09. The van der Waals surface area contributed by atoms with E-state index in [1.54, 1.807) is 0 Å². The van der Waals surface area contributed by atoms with Gasteiger partial charge in [0, 0.05) is 36.6 Å². The summed E-state index contributed by atoms with van der Waals surface area (Å²) < 4.78 is 9.88. The molecular formula is C19H23N3O2. The highest BCUT2D eigenvalue weighted by Crippen LogP contribution is 2.25. The molecule has 0 saturated carbocycles. The maximum absolute atomic E-state index is 12.1. The quantitative estimate of drug-likeness (QED) is 0.756. The van der Waals surface area contributed by atoms with E-state index in [-0.39, 0.29) is 12.5 Å². The number of fused-ring (bicyclic) bond motifs is 1. The Hall–Kier alpha value is -2.69. The molecule has 5 nitrogen and oxygen atoms in total. The van der Waals surface area contributed by atoms with Crippen LogP contribution in [-0.4, -0.2) is 21.6 Å². The smallest absolute Gasteiger partial charge is 0.258 e. The minimum Gasteiger partial charge on any atom is -0.483 e. The van der Waals surface area contributed by atoms with Crippen LogP contribution >= 0.6 is 0 Å². The largest absolute Gasteiger partial charge is 0.483 e. The third kappa shape index (κ3) is 3.30. The first-order valence-corrected chi connectivity index (χ1v) is 8.15. The Balaban J connectivity index is 1.58. The predicted octanol–water partition coefficient (Wildman–Crippen LogP) is 3.26. The first-order valence-electron chi connectivity index (χ1n) is 8.15. The zero-order valence-corrected chi connectivity index (χ0v) is 14.3. The Bertz CT molecular complexity index is 845. The van der Waals surface area contributed by atoms with Gasteiger partial charge in [-0.25, -0.2) is 0 Å². The number of ether oxygens (including phenoxy) is 1. The number of nitrogens with one attached hydrogen (secondary N) is 1. The van der Waals surface area contributed by atoms with Crippen molar-refractivity contribution in [3.8, 4) is 5.75 Å². The molecule has 0 fully saturated rings. The Kier molecular flexibility index (Phi) is 4.60. The van der Waals surface area contributed by atoms with E-state index in [4.69, 9.17) is 4.74 Å². The lowest BCUT2D eigenvalue weighted by Crippen LogP contribution is -2.29. The Morgan fingerprint density at radius 3 is 2.79 bits per heavy atom. The molecular weight excluding hydrogens is 302 g/mol. The number of hydrogen-bond donors (Lipinski definition) is 1. The summed E-state index contributed by atoms with van der Waals surface area (Å²) >= 11 is 0. The molecule has 24 heavy (non-hydrogen) atoms. The molecule has 0 atom stereocenters. The van der Waals surface area contributed by atoms with Crippen LogP contribution in [0, 0.1) is 0 Å².